The van der Waals surface area contributed by atoms with Crippen LogP contribution in [0.1, 0.15) is 13.8 Å². The van der Waals surface area contributed by atoms with Gasteiger partial charge < -0.3 is 19.7 Å². The van der Waals surface area contributed by atoms with Crippen LogP contribution >= 0.6 is 0 Å². The molecule has 1 N–H and O–H groups in total. The fourth-order valence-corrected chi connectivity index (χ4v) is 2.39. The van der Waals surface area contributed by atoms with E-state index in [4.69, 9.17) is 9.47 Å². The van der Waals surface area contributed by atoms with Crippen LogP contribution in [0, 0.1) is 0 Å². The third kappa shape index (κ3) is 3.85. The van der Waals surface area contributed by atoms with Crippen molar-refractivity contribution >= 4 is 5.69 Å². The van der Waals surface area contributed by atoms with Crippen LogP contribution in [0.25, 0.3) is 0 Å². The summed E-state index contributed by atoms with van der Waals surface area (Å²) < 4.78 is 11.2. The maximum atomic E-state index is 5.68. The predicted molar refractivity (Wildman–Crippen MR) is 78.1 cm³/mol. The molecule has 106 valence electrons. The molecule has 1 aliphatic rings. The first-order chi connectivity index (χ1) is 9.20. The summed E-state index contributed by atoms with van der Waals surface area (Å²) >= 11 is 0. The number of benzene rings is 1. The maximum Gasteiger partial charge on any atom is 0.119 e. The standard InChI is InChI=1S/C15H24N2O2/c1-12(2)19-15-6-4-13(5-7-15)17-8-9-18-11-14(17)10-16-3/h4-7,12,14,16H,8-11H2,1-3H3. The van der Waals surface area contributed by atoms with Crippen molar-refractivity contribution in [2.75, 3.05) is 38.3 Å². The summed E-state index contributed by atoms with van der Waals surface area (Å²) in [5, 5.41) is 3.23. The van der Waals surface area contributed by atoms with Gasteiger partial charge in [-0.15, -0.1) is 0 Å². The van der Waals surface area contributed by atoms with Gasteiger partial charge in [0.15, 0.2) is 0 Å². The molecule has 1 fully saturated rings. The first-order valence-electron chi connectivity index (χ1n) is 6.96. The van der Waals surface area contributed by atoms with Gasteiger partial charge >= 0.3 is 0 Å². The van der Waals surface area contributed by atoms with Gasteiger partial charge in [-0.05, 0) is 45.2 Å². The van der Waals surface area contributed by atoms with Gasteiger partial charge in [0, 0.05) is 18.8 Å². The summed E-state index contributed by atoms with van der Waals surface area (Å²) in [5.74, 6) is 0.928. The third-order valence-electron chi connectivity index (χ3n) is 3.21. The van der Waals surface area contributed by atoms with Crippen molar-refractivity contribution in [1.29, 1.82) is 0 Å². The predicted octanol–water partition coefficient (Wildman–Crippen LogP) is 1.90. The molecule has 0 amide bonds. The summed E-state index contributed by atoms with van der Waals surface area (Å²) in [7, 11) is 1.98. The Hall–Kier alpha value is -1.26. The van der Waals surface area contributed by atoms with Crippen molar-refractivity contribution in [3.63, 3.8) is 0 Å². The zero-order chi connectivity index (χ0) is 13.7. The first-order valence-corrected chi connectivity index (χ1v) is 6.96. The number of ether oxygens (including phenoxy) is 2. The van der Waals surface area contributed by atoms with Crippen LogP contribution in [0.5, 0.6) is 5.75 Å². The second kappa shape index (κ2) is 6.78. The Morgan fingerprint density at radius 2 is 2.11 bits per heavy atom. The van der Waals surface area contributed by atoms with Crippen molar-refractivity contribution < 1.29 is 9.47 Å². The molecule has 0 aromatic heterocycles. The SMILES string of the molecule is CNCC1COCCN1c1ccc(OC(C)C)cc1. The van der Waals surface area contributed by atoms with Gasteiger partial charge in [-0.25, -0.2) is 0 Å². The number of morpholine rings is 1. The lowest BCUT2D eigenvalue weighted by Gasteiger charge is -2.37. The molecule has 1 aromatic carbocycles. The van der Waals surface area contributed by atoms with E-state index in [2.05, 4.69) is 22.3 Å². The Bertz CT molecular complexity index is 376. The molecular weight excluding hydrogens is 240 g/mol. The molecule has 19 heavy (non-hydrogen) atoms. The molecule has 4 heteroatoms. The van der Waals surface area contributed by atoms with Crippen molar-refractivity contribution in [3.05, 3.63) is 24.3 Å². The van der Waals surface area contributed by atoms with Crippen molar-refractivity contribution in [1.82, 2.24) is 5.32 Å². The van der Waals surface area contributed by atoms with Crippen molar-refractivity contribution in [2.45, 2.75) is 26.0 Å². The zero-order valence-electron chi connectivity index (χ0n) is 12.1. The number of likely N-dealkylation sites (N-methyl/N-ethyl adjacent to an activating group) is 1. The summed E-state index contributed by atoms with van der Waals surface area (Å²) in [6.45, 7) is 7.54. The van der Waals surface area contributed by atoms with Crippen LogP contribution in [-0.2, 0) is 4.74 Å². The van der Waals surface area contributed by atoms with E-state index in [-0.39, 0.29) is 6.10 Å². The highest BCUT2D eigenvalue weighted by Gasteiger charge is 2.22. The molecule has 0 spiro atoms. The van der Waals surface area contributed by atoms with E-state index in [0.29, 0.717) is 6.04 Å². The highest BCUT2D eigenvalue weighted by molar-refractivity contribution is 5.50. The molecular formula is C15H24N2O2. The minimum Gasteiger partial charge on any atom is -0.491 e. The van der Waals surface area contributed by atoms with E-state index < -0.39 is 0 Å². The maximum absolute atomic E-state index is 5.68. The monoisotopic (exact) mass is 264 g/mol. The van der Waals surface area contributed by atoms with Crippen LogP contribution in [0.2, 0.25) is 0 Å². The van der Waals surface area contributed by atoms with E-state index in [1.54, 1.807) is 0 Å². The van der Waals surface area contributed by atoms with Gasteiger partial charge in [-0.3, -0.25) is 0 Å². The number of rotatable bonds is 5. The molecule has 0 aliphatic carbocycles. The van der Waals surface area contributed by atoms with Crippen molar-refractivity contribution in [2.24, 2.45) is 0 Å². The average molecular weight is 264 g/mol. The van der Waals surface area contributed by atoms with Crippen molar-refractivity contribution in [3.8, 4) is 5.75 Å². The molecule has 1 aromatic rings. The van der Waals surface area contributed by atoms with E-state index in [1.165, 1.54) is 5.69 Å². The van der Waals surface area contributed by atoms with Gasteiger partial charge in [0.2, 0.25) is 0 Å². The van der Waals surface area contributed by atoms with E-state index in [0.717, 1.165) is 32.1 Å². The molecule has 1 unspecified atom stereocenters. The first kappa shape index (κ1) is 14.2. The normalized spacial score (nSPS) is 19.8. The number of nitrogens with zero attached hydrogens (tertiary/aromatic N) is 1. The summed E-state index contributed by atoms with van der Waals surface area (Å²) in [5.41, 5.74) is 1.24. The van der Waals surface area contributed by atoms with E-state index >= 15 is 0 Å². The largest absolute Gasteiger partial charge is 0.491 e. The Kier molecular flexibility index (Phi) is 5.05. The van der Waals surface area contributed by atoms with Gasteiger partial charge in [0.1, 0.15) is 5.75 Å². The molecule has 0 radical (unpaired) electrons. The molecule has 1 aliphatic heterocycles. The smallest absolute Gasteiger partial charge is 0.119 e. The third-order valence-corrected chi connectivity index (χ3v) is 3.21. The van der Waals surface area contributed by atoms with Crippen LogP contribution in [0.4, 0.5) is 5.69 Å². The highest BCUT2D eigenvalue weighted by atomic mass is 16.5. The number of hydrogen-bond donors (Lipinski definition) is 1. The highest BCUT2D eigenvalue weighted by Crippen LogP contribution is 2.23. The number of nitrogens with one attached hydrogen (secondary N) is 1. The molecule has 1 heterocycles. The lowest BCUT2D eigenvalue weighted by molar-refractivity contribution is 0.0943. The second-order valence-corrected chi connectivity index (χ2v) is 5.14. The zero-order valence-corrected chi connectivity index (χ0v) is 12.1. The Labute approximate surface area is 115 Å². The topological polar surface area (TPSA) is 33.7 Å². The van der Waals surface area contributed by atoms with Crippen LogP contribution < -0.4 is 15.0 Å². The summed E-state index contributed by atoms with van der Waals surface area (Å²) in [6.07, 6.45) is 0.214. The Morgan fingerprint density at radius 1 is 1.37 bits per heavy atom. The van der Waals surface area contributed by atoms with Crippen LogP contribution in [0.3, 0.4) is 0 Å². The van der Waals surface area contributed by atoms with Crippen LogP contribution in [-0.4, -0.2) is 45.5 Å². The molecule has 1 atom stereocenters. The summed E-state index contributed by atoms with van der Waals surface area (Å²) in [6, 6.07) is 8.75. The molecule has 4 nitrogen and oxygen atoms in total. The van der Waals surface area contributed by atoms with Gasteiger partial charge in [-0.1, -0.05) is 0 Å². The van der Waals surface area contributed by atoms with Gasteiger partial charge in [-0.2, -0.15) is 0 Å². The molecule has 0 saturated carbocycles. The minimum absolute atomic E-state index is 0.214. The molecule has 2 rings (SSSR count). The lowest BCUT2D eigenvalue weighted by Crippen LogP contribution is -2.50. The van der Waals surface area contributed by atoms with E-state index in [1.807, 2.05) is 33.0 Å². The fourth-order valence-electron chi connectivity index (χ4n) is 2.39. The van der Waals surface area contributed by atoms with Gasteiger partial charge in [0.05, 0.1) is 25.4 Å². The Morgan fingerprint density at radius 3 is 2.74 bits per heavy atom. The average Bonchev–Trinajstić information content (AvgIpc) is 2.40. The lowest BCUT2D eigenvalue weighted by atomic mass is 10.2. The molecule has 0 bridgehead atoms. The van der Waals surface area contributed by atoms with Gasteiger partial charge in [0.25, 0.3) is 0 Å². The number of anilines is 1. The molecule has 1 saturated heterocycles. The minimum atomic E-state index is 0.214. The Balaban J connectivity index is 2.06. The van der Waals surface area contributed by atoms with E-state index in [9.17, 15) is 0 Å². The quantitative estimate of drug-likeness (QED) is 0.880. The number of hydrogen-bond acceptors (Lipinski definition) is 4. The summed E-state index contributed by atoms with van der Waals surface area (Å²) in [4.78, 5) is 2.40. The fraction of sp³-hybridized carbons (Fsp3) is 0.600. The second-order valence-electron chi connectivity index (χ2n) is 5.14. The van der Waals surface area contributed by atoms with Crippen LogP contribution in [0.15, 0.2) is 24.3 Å².